The maximum atomic E-state index is 12.4. The minimum Gasteiger partial charge on any atom is -0.480 e. The predicted molar refractivity (Wildman–Crippen MR) is 111 cm³/mol. The third kappa shape index (κ3) is 6.53. The fraction of sp³-hybridized carbons (Fsp3) is 0.529. The van der Waals surface area contributed by atoms with Crippen molar-refractivity contribution in [2.24, 2.45) is 11.7 Å². The van der Waals surface area contributed by atoms with Gasteiger partial charge in [-0.2, -0.15) is 0 Å². The predicted octanol–water partition coefficient (Wildman–Crippen LogP) is 2.04. The molecule has 0 aromatic heterocycles. The van der Waals surface area contributed by atoms with Crippen molar-refractivity contribution in [3.05, 3.63) is 29.3 Å². The summed E-state index contributed by atoms with van der Waals surface area (Å²) in [5.74, 6) is -1.47. The van der Waals surface area contributed by atoms with Crippen molar-refractivity contribution in [2.45, 2.75) is 37.5 Å². The van der Waals surface area contributed by atoms with Gasteiger partial charge in [0.1, 0.15) is 5.54 Å². The van der Waals surface area contributed by atoms with Crippen molar-refractivity contribution >= 4 is 48.8 Å². The number of rotatable bonds is 8. The average molecular weight is 434 g/mol. The number of nitrogens with one attached hydrogen (secondary N) is 1. The molecule has 1 aromatic carbocycles. The summed E-state index contributed by atoms with van der Waals surface area (Å²) in [4.78, 5) is 25.8. The first-order chi connectivity index (χ1) is 12.7. The minimum atomic E-state index is -1.45. The first-order valence-electron chi connectivity index (χ1n) is 8.92. The van der Waals surface area contributed by atoms with E-state index in [4.69, 9.17) is 27.4 Å². The Labute approximate surface area is 175 Å². The molecular formula is C17H26BCl2N3O5. The molecule has 1 aromatic rings. The first kappa shape index (κ1) is 24.5. The van der Waals surface area contributed by atoms with E-state index in [1.807, 2.05) is 0 Å². The van der Waals surface area contributed by atoms with Crippen molar-refractivity contribution in [1.29, 1.82) is 0 Å². The summed E-state index contributed by atoms with van der Waals surface area (Å²) in [6.45, 7) is 0.677. The van der Waals surface area contributed by atoms with Gasteiger partial charge in [0, 0.05) is 29.7 Å². The second-order valence-corrected chi connectivity index (χ2v) is 7.38. The van der Waals surface area contributed by atoms with Gasteiger partial charge in [0.2, 0.25) is 0 Å². The molecule has 156 valence electrons. The Morgan fingerprint density at radius 2 is 1.93 bits per heavy atom. The van der Waals surface area contributed by atoms with Crippen LogP contribution in [0.5, 0.6) is 0 Å². The average Bonchev–Trinajstić information content (AvgIpc) is 3.11. The number of halogens is 2. The van der Waals surface area contributed by atoms with Gasteiger partial charge >= 0.3 is 19.1 Å². The van der Waals surface area contributed by atoms with Gasteiger partial charge in [-0.25, -0.2) is 4.79 Å². The molecule has 2 atom stereocenters. The summed E-state index contributed by atoms with van der Waals surface area (Å²) in [6.07, 6.45) is 1.83. The Morgan fingerprint density at radius 3 is 2.50 bits per heavy atom. The first-order valence-corrected chi connectivity index (χ1v) is 9.30. The Bertz CT molecular complexity index is 665. The standard InChI is InChI=1S/C17H25BClN3O5.ClH/c19-13-3-5-14(6-4-13)21-16(25)22-10-7-12(11-22)17(20,15(23)24)8-1-2-9-18(26)27;/h3-6,12,26-27H,1-2,7-11,20H2,(H,21,25)(H,23,24);1H. The van der Waals surface area contributed by atoms with E-state index in [0.29, 0.717) is 36.5 Å². The zero-order valence-corrected chi connectivity index (χ0v) is 17.0. The Kier molecular flexibility index (Phi) is 9.52. The second-order valence-electron chi connectivity index (χ2n) is 6.94. The SMILES string of the molecule is Cl.NC(CCCCB(O)O)(C(=O)O)C1CCN(C(=O)Nc2ccc(Cl)cc2)C1. The number of likely N-dealkylation sites (tertiary alicyclic amines) is 1. The van der Waals surface area contributed by atoms with Gasteiger partial charge in [-0.05, 0) is 43.4 Å². The van der Waals surface area contributed by atoms with Crippen LogP contribution >= 0.6 is 24.0 Å². The monoisotopic (exact) mass is 433 g/mol. The zero-order valence-electron chi connectivity index (χ0n) is 15.4. The number of hydrogen-bond donors (Lipinski definition) is 5. The van der Waals surface area contributed by atoms with Crippen LogP contribution in [0.15, 0.2) is 24.3 Å². The molecule has 2 rings (SSSR count). The van der Waals surface area contributed by atoms with Gasteiger partial charge in [0.15, 0.2) is 0 Å². The maximum Gasteiger partial charge on any atom is 0.451 e. The fourth-order valence-corrected chi connectivity index (χ4v) is 3.46. The van der Waals surface area contributed by atoms with E-state index in [1.54, 1.807) is 29.2 Å². The number of carboxylic acid groups (broad SMARTS) is 1. The van der Waals surface area contributed by atoms with Crippen LogP contribution in [0.4, 0.5) is 10.5 Å². The highest BCUT2D eigenvalue weighted by atomic mass is 35.5. The molecule has 1 saturated heterocycles. The topological polar surface area (TPSA) is 136 Å². The fourth-order valence-electron chi connectivity index (χ4n) is 3.33. The van der Waals surface area contributed by atoms with E-state index in [-0.39, 0.29) is 43.6 Å². The van der Waals surface area contributed by atoms with Crippen LogP contribution in [0.3, 0.4) is 0 Å². The van der Waals surface area contributed by atoms with Gasteiger partial charge in [0.05, 0.1) is 0 Å². The summed E-state index contributed by atoms with van der Waals surface area (Å²) in [5.41, 5.74) is 5.35. The Hall–Kier alpha value is -1.52. The number of anilines is 1. The lowest BCUT2D eigenvalue weighted by Gasteiger charge is -2.31. The van der Waals surface area contributed by atoms with Gasteiger partial charge in [-0.15, -0.1) is 12.4 Å². The lowest BCUT2D eigenvalue weighted by molar-refractivity contribution is -0.145. The molecule has 8 nitrogen and oxygen atoms in total. The molecule has 11 heteroatoms. The van der Waals surface area contributed by atoms with E-state index < -0.39 is 18.6 Å². The molecule has 1 fully saturated rings. The van der Waals surface area contributed by atoms with Crippen LogP contribution in [0.2, 0.25) is 11.3 Å². The highest BCUT2D eigenvalue weighted by Crippen LogP contribution is 2.31. The highest BCUT2D eigenvalue weighted by molar-refractivity contribution is 6.40. The van der Waals surface area contributed by atoms with Crippen LogP contribution in [-0.2, 0) is 4.79 Å². The molecule has 0 spiro atoms. The Morgan fingerprint density at radius 1 is 1.29 bits per heavy atom. The van der Waals surface area contributed by atoms with E-state index in [9.17, 15) is 14.7 Å². The molecule has 0 radical (unpaired) electrons. The van der Waals surface area contributed by atoms with Gasteiger partial charge < -0.3 is 31.1 Å². The minimum absolute atomic E-state index is 0. The Balaban J connectivity index is 0.00000392. The summed E-state index contributed by atoms with van der Waals surface area (Å²) in [5, 5.41) is 30.7. The van der Waals surface area contributed by atoms with Crippen LogP contribution in [0, 0.1) is 5.92 Å². The number of amides is 2. The number of carboxylic acids is 1. The van der Waals surface area contributed by atoms with Gasteiger partial charge in [0.25, 0.3) is 0 Å². The number of benzene rings is 1. The molecular weight excluding hydrogens is 408 g/mol. The number of nitrogens with zero attached hydrogens (tertiary/aromatic N) is 1. The van der Waals surface area contributed by atoms with E-state index in [1.165, 1.54) is 0 Å². The van der Waals surface area contributed by atoms with Gasteiger partial charge in [-0.1, -0.05) is 24.4 Å². The molecule has 28 heavy (non-hydrogen) atoms. The van der Waals surface area contributed by atoms with Crippen molar-refractivity contribution < 1.29 is 24.7 Å². The lowest BCUT2D eigenvalue weighted by Crippen LogP contribution is -2.55. The smallest absolute Gasteiger partial charge is 0.451 e. The number of urea groups is 1. The molecule has 1 heterocycles. The number of unbranched alkanes of at least 4 members (excludes halogenated alkanes) is 1. The van der Waals surface area contributed by atoms with Crippen LogP contribution in [0.1, 0.15) is 25.7 Å². The molecule has 1 aliphatic rings. The number of hydrogen-bond acceptors (Lipinski definition) is 5. The van der Waals surface area contributed by atoms with Gasteiger partial charge in [-0.3, -0.25) is 4.79 Å². The number of carbonyl (C=O) groups is 2. The lowest BCUT2D eigenvalue weighted by atomic mass is 9.77. The highest BCUT2D eigenvalue weighted by Gasteiger charge is 2.45. The largest absolute Gasteiger partial charge is 0.480 e. The number of carbonyl (C=O) groups excluding carboxylic acids is 1. The van der Waals surface area contributed by atoms with Crippen LogP contribution < -0.4 is 11.1 Å². The van der Waals surface area contributed by atoms with Crippen LogP contribution in [0.25, 0.3) is 0 Å². The van der Waals surface area contributed by atoms with E-state index >= 15 is 0 Å². The molecule has 1 aliphatic heterocycles. The molecule has 0 bridgehead atoms. The van der Waals surface area contributed by atoms with Crippen molar-refractivity contribution in [2.75, 3.05) is 18.4 Å². The zero-order chi connectivity index (χ0) is 20.0. The number of nitrogens with two attached hydrogens (primary N) is 1. The quantitative estimate of drug-likeness (QED) is 0.314. The van der Waals surface area contributed by atoms with Crippen molar-refractivity contribution in [3.63, 3.8) is 0 Å². The molecule has 2 unspecified atom stereocenters. The molecule has 0 aliphatic carbocycles. The van der Waals surface area contributed by atoms with E-state index in [0.717, 1.165) is 0 Å². The number of aliphatic carboxylic acids is 1. The normalized spacial score (nSPS) is 18.1. The second kappa shape index (κ2) is 10.9. The van der Waals surface area contributed by atoms with Crippen LogP contribution in [-0.4, -0.2) is 57.8 Å². The molecule has 0 saturated carbocycles. The summed E-state index contributed by atoms with van der Waals surface area (Å²) >= 11 is 5.82. The van der Waals surface area contributed by atoms with Crippen molar-refractivity contribution in [3.8, 4) is 0 Å². The molecule has 6 N–H and O–H groups in total. The molecule has 2 amide bonds. The summed E-state index contributed by atoms with van der Waals surface area (Å²) in [7, 11) is -1.40. The summed E-state index contributed by atoms with van der Waals surface area (Å²) < 4.78 is 0. The van der Waals surface area contributed by atoms with Crippen molar-refractivity contribution in [1.82, 2.24) is 4.90 Å². The third-order valence-corrected chi connectivity index (χ3v) is 5.25. The maximum absolute atomic E-state index is 12.4. The third-order valence-electron chi connectivity index (χ3n) is 5.00. The van der Waals surface area contributed by atoms with E-state index in [2.05, 4.69) is 5.32 Å². The summed E-state index contributed by atoms with van der Waals surface area (Å²) in [6, 6.07) is 6.41.